The largest absolute Gasteiger partial charge is 0.493 e. The van der Waals surface area contributed by atoms with Crippen LogP contribution in [0.4, 0.5) is 17.6 Å². The third-order valence-electron chi connectivity index (χ3n) is 1.72. The molecule has 0 saturated heterocycles. The SMILES string of the molecule is N#Cc1ccc(OCCC(F)(F)F)cc1F. The molecule has 0 unspecified atom stereocenters. The van der Waals surface area contributed by atoms with Crippen molar-refractivity contribution >= 4 is 0 Å². The van der Waals surface area contributed by atoms with E-state index in [4.69, 9.17) is 10.00 Å². The number of alkyl halides is 3. The van der Waals surface area contributed by atoms with Crippen LogP contribution in [0, 0.1) is 17.1 Å². The second kappa shape index (κ2) is 4.84. The van der Waals surface area contributed by atoms with E-state index >= 15 is 0 Å². The van der Waals surface area contributed by atoms with E-state index in [0.717, 1.165) is 12.1 Å². The van der Waals surface area contributed by atoms with Gasteiger partial charge in [0.1, 0.15) is 17.6 Å². The molecule has 1 rings (SSSR count). The minimum atomic E-state index is -4.30. The summed E-state index contributed by atoms with van der Waals surface area (Å²) in [6, 6.07) is 4.88. The molecule has 0 radical (unpaired) electrons. The molecule has 1 aromatic rings. The van der Waals surface area contributed by atoms with E-state index in [0.29, 0.717) is 0 Å². The summed E-state index contributed by atoms with van der Waals surface area (Å²) in [5.41, 5.74) is -0.178. The Balaban J connectivity index is 2.57. The molecule has 2 nitrogen and oxygen atoms in total. The molecule has 0 aliphatic heterocycles. The molecule has 1 aromatic carbocycles. The fourth-order valence-corrected chi connectivity index (χ4v) is 0.961. The molecule has 0 N–H and O–H groups in total. The van der Waals surface area contributed by atoms with Crippen LogP contribution in [0.15, 0.2) is 18.2 Å². The molecule has 0 bridgehead atoms. The summed E-state index contributed by atoms with van der Waals surface area (Å²) in [5.74, 6) is -0.840. The van der Waals surface area contributed by atoms with Crippen molar-refractivity contribution in [1.29, 1.82) is 5.26 Å². The van der Waals surface area contributed by atoms with Crippen LogP contribution in [0.25, 0.3) is 0 Å². The summed E-state index contributed by atoms with van der Waals surface area (Å²) in [7, 11) is 0. The molecule has 0 amide bonds. The van der Waals surface area contributed by atoms with Gasteiger partial charge < -0.3 is 4.74 Å². The molecule has 86 valence electrons. The fraction of sp³-hybridized carbons (Fsp3) is 0.300. The zero-order valence-electron chi connectivity index (χ0n) is 8.01. The minimum absolute atomic E-state index is 0.0271. The van der Waals surface area contributed by atoms with Crippen LogP contribution in [0.3, 0.4) is 0 Å². The minimum Gasteiger partial charge on any atom is -0.493 e. The Morgan fingerprint density at radius 1 is 1.31 bits per heavy atom. The van der Waals surface area contributed by atoms with Crippen molar-refractivity contribution in [3.8, 4) is 11.8 Å². The highest BCUT2D eigenvalue weighted by Gasteiger charge is 2.26. The van der Waals surface area contributed by atoms with E-state index in [1.54, 1.807) is 6.07 Å². The summed E-state index contributed by atoms with van der Waals surface area (Å²) < 4.78 is 53.0. The first-order valence-corrected chi connectivity index (χ1v) is 4.31. The second-order valence-electron chi connectivity index (χ2n) is 2.97. The number of nitrogens with zero attached hydrogens (tertiary/aromatic N) is 1. The molecule has 16 heavy (non-hydrogen) atoms. The van der Waals surface area contributed by atoms with Gasteiger partial charge in [-0.2, -0.15) is 18.4 Å². The lowest BCUT2D eigenvalue weighted by molar-refractivity contribution is -0.139. The van der Waals surface area contributed by atoms with Crippen molar-refractivity contribution in [2.45, 2.75) is 12.6 Å². The molecule has 0 fully saturated rings. The highest BCUT2D eigenvalue weighted by molar-refractivity contribution is 5.36. The van der Waals surface area contributed by atoms with E-state index in [2.05, 4.69) is 0 Å². The van der Waals surface area contributed by atoms with Crippen molar-refractivity contribution in [3.05, 3.63) is 29.6 Å². The predicted molar refractivity (Wildman–Crippen MR) is 47.3 cm³/mol. The number of rotatable bonds is 3. The Bertz CT molecular complexity index is 408. The van der Waals surface area contributed by atoms with Crippen LogP contribution in [0.2, 0.25) is 0 Å². The summed E-state index contributed by atoms with van der Waals surface area (Å²) in [6.45, 7) is -0.575. The van der Waals surface area contributed by atoms with Crippen LogP contribution in [-0.4, -0.2) is 12.8 Å². The van der Waals surface area contributed by atoms with Gasteiger partial charge in [-0.25, -0.2) is 4.39 Å². The first kappa shape index (κ1) is 12.3. The van der Waals surface area contributed by atoms with E-state index < -0.39 is 25.0 Å². The molecule has 0 heterocycles. The number of ether oxygens (including phenoxy) is 1. The summed E-state index contributed by atoms with van der Waals surface area (Å²) in [6.07, 6.45) is -5.40. The van der Waals surface area contributed by atoms with Gasteiger partial charge in [0.2, 0.25) is 0 Å². The highest BCUT2D eigenvalue weighted by atomic mass is 19.4. The molecule has 0 aliphatic rings. The van der Waals surface area contributed by atoms with Gasteiger partial charge in [-0.1, -0.05) is 0 Å². The second-order valence-corrected chi connectivity index (χ2v) is 2.97. The maximum absolute atomic E-state index is 13.0. The number of nitriles is 1. The van der Waals surface area contributed by atoms with Gasteiger partial charge in [0.25, 0.3) is 0 Å². The van der Waals surface area contributed by atoms with Gasteiger partial charge in [0, 0.05) is 6.07 Å². The number of hydrogen-bond acceptors (Lipinski definition) is 2. The molecule has 0 saturated carbocycles. The third kappa shape index (κ3) is 3.77. The van der Waals surface area contributed by atoms with Gasteiger partial charge in [0.05, 0.1) is 18.6 Å². The highest BCUT2D eigenvalue weighted by Crippen LogP contribution is 2.21. The van der Waals surface area contributed by atoms with Crippen molar-refractivity contribution in [3.63, 3.8) is 0 Å². The van der Waals surface area contributed by atoms with Gasteiger partial charge in [-0.3, -0.25) is 0 Å². The number of hydrogen-bond donors (Lipinski definition) is 0. The molecule has 0 aromatic heterocycles. The Kier molecular flexibility index (Phi) is 3.72. The Morgan fingerprint density at radius 3 is 2.50 bits per heavy atom. The van der Waals surface area contributed by atoms with Gasteiger partial charge in [-0.15, -0.1) is 0 Å². The predicted octanol–water partition coefficient (Wildman–Crippen LogP) is 3.03. The topological polar surface area (TPSA) is 33.0 Å². The van der Waals surface area contributed by atoms with Gasteiger partial charge in [0.15, 0.2) is 0 Å². The average molecular weight is 233 g/mol. The molecular weight excluding hydrogens is 226 g/mol. The van der Waals surface area contributed by atoms with E-state index in [1.165, 1.54) is 6.07 Å². The van der Waals surface area contributed by atoms with E-state index in [1.807, 2.05) is 0 Å². The number of halogens is 4. The Hall–Kier alpha value is -1.77. The standard InChI is InChI=1S/C10H7F4NO/c11-9-5-8(2-1-7(9)6-15)16-4-3-10(12,13)14/h1-2,5H,3-4H2. The lowest BCUT2D eigenvalue weighted by atomic mass is 10.2. The molecule has 0 aliphatic carbocycles. The summed E-state index contributed by atoms with van der Waals surface area (Å²) in [4.78, 5) is 0. The maximum atomic E-state index is 13.0. The Labute approximate surface area is 89.1 Å². The Morgan fingerprint density at radius 2 is 2.00 bits per heavy atom. The normalized spacial score (nSPS) is 10.9. The monoisotopic (exact) mass is 233 g/mol. The van der Waals surface area contributed by atoms with Crippen LogP contribution in [0.1, 0.15) is 12.0 Å². The molecule has 0 atom stereocenters. The van der Waals surface area contributed by atoms with Crippen molar-refractivity contribution < 1.29 is 22.3 Å². The molecule has 0 spiro atoms. The van der Waals surface area contributed by atoms with E-state index in [-0.39, 0.29) is 11.3 Å². The first-order valence-electron chi connectivity index (χ1n) is 4.31. The van der Waals surface area contributed by atoms with Crippen LogP contribution < -0.4 is 4.74 Å². The number of benzene rings is 1. The first-order chi connectivity index (χ1) is 7.42. The van der Waals surface area contributed by atoms with Gasteiger partial charge in [-0.05, 0) is 12.1 Å². The summed E-state index contributed by atoms with van der Waals surface area (Å²) >= 11 is 0. The summed E-state index contributed by atoms with van der Waals surface area (Å²) in [5, 5.41) is 8.41. The van der Waals surface area contributed by atoms with Gasteiger partial charge >= 0.3 is 6.18 Å². The quantitative estimate of drug-likeness (QED) is 0.752. The zero-order valence-corrected chi connectivity index (χ0v) is 8.01. The molecule has 6 heteroatoms. The van der Waals surface area contributed by atoms with Crippen molar-refractivity contribution in [2.75, 3.05) is 6.61 Å². The lowest BCUT2D eigenvalue weighted by Gasteiger charge is -2.08. The molecular formula is C10H7F4NO. The fourth-order valence-electron chi connectivity index (χ4n) is 0.961. The van der Waals surface area contributed by atoms with Crippen LogP contribution in [-0.2, 0) is 0 Å². The van der Waals surface area contributed by atoms with Crippen LogP contribution >= 0.6 is 0 Å². The maximum Gasteiger partial charge on any atom is 0.392 e. The van der Waals surface area contributed by atoms with Crippen molar-refractivity contribution in [2.24, 2.45) is 0 Å². The van der Waals surface area contributed by atoms with E-state index in [9.17, 15) is 17.6 Å². The zero-order chi connectivity index (χ0) is 12.2. The lowest BCUT2D eigenvalue weighted by Crippen LogP contribution is -2.13. The van der Waals surface area contributed by atoms with Crippen LogP contribution in [0.5, 0.6) is 5.75 Å². The van der Waals surface area contributed by atoms with Crippen molar-refractivity contribution in [1.82, 2.24) is 0 Å². The third-order valence-corrected chi connectivity index (χ3v) is 1.72. The average Bonchev–Trinajstić information content (AvgIpc) is 2.16. The smallest absolute Gasteiger partial charge is 0.392 e.